The molecular weight excluding hydrogens is 346 g/mol. The molecule has 0 saturated heterocycles. The van der Waals surface area contributed by atoms with E-state index in [-0.39, 0.29) is 30.2 Å². The third-order valence-corrected chi connectivity index (χ3v) is 3.52. The molecule has 1 aliphatic rings. The molecule has 0 aliphatic heterocycles. The number of hydrogen-bond donors (Lipinski definition) is 3. The summed E-state index contributed by atoms with van der Waals surface area (Å²) < 4.78 is 5.03. The molecule has 0 radical (unpaired) electrons. The van der Waals surface area contributed by atoms with Gasteiger partial charge in [-0.15, -0.1) is 0 Å². The van der Waals surface area contributed by atoms with Crippen molar-refractivity contribution in [1.82, 2.24) is 10.6 Å². The maximum absolute atomic E-state index is 11.3. The molecule has 0 bridgehead atoms. The Morgan fingerprint density at radius 1 is 1.11 bits per heavy atom. The van der Waals surface area contributed by atoms with Gasteiger partial charge < -0.3 is 20.8 Å². The first kappa shape index (κ1) is 27.3. The average Bonchev–Trinajstić information content (AvgIpc) is 3.15. The summed E-state index contributed by atoms with van der Waals surface area (Å²) >= 11 is 0. The monoisotopic (exact) mass is 385 g/mol. The number of unbranched alkanes of at least 4 members (excludes halogenated alkanes) is 1. The molecule has 1 rings (SSSR count). The molecule has 0 spiro atoms. The second kappa shape index (κ2) is 16.3. The van der Waals surface area contributed by atoms with Gasteiger partial charge >= 0.3 is 6.09 Å². The molecule has 3 N–H and O–H groups in total. The highest BCUT2D eigenvalue weighted by Gasteiger charge is 2.22. The number of carbonyl (C=O) groups is 3. The van der Waals surface area contributed by atoms with Crippen LogP contribution in [0.2, 0.25) is 0 Å². The van der Waals surface area contributed by atoms with E-state index in [1.54, 1.807) is 0 Å². The second-order valence-corrected chi connectivity index (χ2v) is 7.09. The number of amides is 2. The van der Waals surface area contributed by atoms with Crippen molar-refractivity contribution in [3.63, 3.8) is 0 Å². The maximum atomic E-state index is 11.3. The number of hydrogen-bond acceptors (Lipinski definition) is 5. The van der Waals surface area contributed by atoms with Crippen molar-refractivity contribution in [3.05, 3.63) is 0 Å². The summed E-state index contributed by atoms with van der Waals surface area (Å²) in [7, 11) is 0. The number of rotatable bonds is 7. The van der Waals surface area contributed by atoms with Crippen LogP contribution in [0.5, 0.6) is 0 Å². The summed E-state index contributed by atoms with van der Waals surface area (Å²) in [5.74, 6) is -0.294. The fourth-order valence-corrected chi connectivity index (χ4v) is 2.24. The molecule has 0 unspecified atom stereocenters. The van der Waals surface area contributed by atoms with Gasteiger partial charge in [0, 0.05) is 12.5 Å². The van der Waals surface area contributed by atoms with Gasteiger partial charge in [0.15, 0.2) is 5.78 Å². The minimum atomic E-state index is -0.393. The quantitative estimate of drug-likeness (QED) is 0.457. The molecule has 158 valence electrons. The Morgan fingerprint density at radius 3 is 2.11 bits per heavy atom. The molecule has 1 fully saturated rings. The van der Waals surface area contributed by atoms with E-state index in [1.165, 1.54) is 0 Å². The van der Waals surface area contributed by atoms with Gasteiger partial charge in [0.25, 0.3) is 0 Å². The van der Waals surface area contributed by atoms with E-state index in [2.05, 4.69) is 17.6 Å². The lowest BCUT2D eigenvalue weighted by Crippen LogP contribution is -2.33. The molecule has 2 amide bonds. The summed E-state index contributed by atoms with van der Waals surface area (Å²) in [6.45, 7) is 12.3. The highest BCUT2D eigenvalue weighted by atomic mass is 16.6. The Bertz CT molecular complexity index is 439. The highest BCUT2D eigenvalue weighted by molar-refractivity contribution is 6.27. The van der Waals surface area contributed by atoms with Crippen molar-refractivity contribution < 1.29 is 19.1 Å². The van der Waals surface area contributed by atoms with Crippen molar-refractivity contribution in [2.24, 2.45) is 5.92 Å². The van der Waals surface area contributed by atoms with Crippen LogP contribution < -0.4 is 10.6 Å². The average molecular weight is 386 g/mol. The van der Waals surface area contributed by atoms with Gasteiger partial charge in [-0.1, -0.05) is 40.0 Å². The first-order valence-corrected chi connectivity index (χ1v) is 9.97. The smallest absolute Gasteiger partial charge is 0.407 e. The number of carbonyl (C=O) groups excluding carboxylic acids is 3. The summed E-state index contributed by atoms with van der Waals surface area (Å²) in [5.41, 5.74) is -0.393. The Labute approximate surface area is 164 Å². The number of ketones is 1. The van der Waals surface area contributed by atoms with Crippen LogP contribution in [0.3, 0.4) is 0 Å². The second-order valence-electron chi connectivity index (χ2n) is 7.09. The van der Waals surface area contributed by atoms with Crippen LogP contribution in [-0.4, -0.2) is 42.7 Å². The van der Waals surface area contributed by atoms with E-state index in [0.29, 0.717) is 6.54 Å². The zero-order chi connectivity index (χ0) is 21.3. The Morgan fingerprint density at radius 2 is 1.67 bits per heavy atom. The van der Waals surface area contributed by atoms with E-state index < -0.39 is 5.60 Å². The minimum Gasteiger partial charge on any atom is -0.444 e. The van der Waals surface area contributed by atoms with Gasteiger partial charge in [-0.05, 0) is 40.0 Å². The zero-order valence-corrected chi connectivity index (χ0v) is 17.9. The van der Waals surface area contributed by atoms with Crippen LogP contribution >= 0.6 is 0 Å². The fourth-order valence-electron chi connectivity index (χ4n) is 2.24. The first-order valence-electron chi connectivity index (χ1n) is 9.97. The fraction of sp³-hybridized carbons (Fsp3) is 0.800. The summed E-state index contributed by atoms with van der Waals surface area (Å²) in [6.07, 6.45) is 6.57. The Hall–Kier alpha value is -1.92. The number of nitrogens with one attached hydrogen (secondary N) is 3. The third-order valence-electron chi connectivity index (χ3n) is 3.52. The lowest BCUT2D eigenvalue weighted by Gasteiger charge is -2.19. The largest absolute Gasteiger partial charge is 0.444 e. The molecular formula is C20H39N3O4. The molecule has 0 aromatic rings. The number of ether oxygens (including phenoxy) is 1. The lowest BCUT2D eigenvalue weighted by molar-refractivity contribution is -0.126. The van der Waals surface area contributed by atoms with Gasteiger partial charge in [0.2, 0.25) is 5.91 Å². The van der Waals surface area contributed by atoms with E-state index in [0.717, 1.165) is 44.7 Å². The molecule has 1 aliphatic carbocycles. The standard InChI is InChI=1S/C9H14N2O2.C9H19NO2.C2H6/c10-5-8(12)6-11-9(13)7-3-1-2-4-7;1-5-6-7-10-8(11)12-9(2,3)4;1-2/h5,7,10H,1-4,6H2,(H,11,13);5-7H2,1-4H3,(H,10,11);1-2H3. The molecule has 7 heteroatoms. The van der Waals surface area contributed by atoms with Crippen molar-refractivity contribution >= 4 is 24.0 Å². The Kier molecular flexibility index (Phi) is 16.4. The van der Waals surface area contributed by atoms with Gasteiger partial charge in [-0.25, -0.2) is 4.79 Å². The van der Waals surface area contributed by atoms with E-state index in [4.69, 9.17) is 10.1 Å². The van der Waals surface area contributed by atoms with E-state index in [1.807, 2.05) is 34.6 Å². The summed E-state index contributed by atoms with van der Waals surface area (Å²) in [4.78, 5) is 33.0. The SMILES string of the molecule is CC.CCCCNC(=O)OC(C)(C)C.N=CC(=O)CNC(=O)C1CCCC1. The zero-order valence-electron chi connectivity index (χ0n) is 17.9. The summed E-state index contributed by atoms with van der Waals surface area (Å²) in [5, 5.41) is 11.9. The van der Waals surface area contributed by atoms with Crippen molar-refractivity contribution in [2.45, 2.75) is 85.7 Å². The van der Waals surface area contributed by atoms with Crippen LogP contribution in [0, 0.1) is 11.3 Å². The van der Waals surface area contributed by atoms with E-state index >= 15 is 0 Å². The van der Waals surface area contributed by atoms with E-state index in [9.17, 15) is 14.4 Å². The van der Waals surface area contributed by atoms with Gasteiger partial charge in [0.05, 0.1) is 12.8 Å². The molecule has 7 nitrogen and oxygen atoms in total. The van der Waals surface area contributed by atoms with Crippen LogP contribution in [0.15, 0.2) is 0 Å². The number of Topliss-reactive ketones (excluding diaryl/α,β-unsaturated/α-hetero) is 1. The molecule has 0 aromatic carbocycles. The third kappa shape index (κ3) is 17.3. The predicted molar refractivity (Wildman–Crippen MR) is 109 cm³/mol. The normalized spacial score (nSPS) is 13.3. The van der Waals surface area contributed by atoms with Crippen LogP contribution in [0.25, 0.3) is 0 Å². The maximum Gasteiger partial charge on any atom is 0.407 e. The predicted octanol–water partition coefficient (Wildman–Crippen LogP) is 3.85. The molecule has 1 saturated carbocycles. The minimum absolute atomic E-state index is 0.0289. The molecule has 0 aromatic heterocycles. The van der Waals surface area contributed by atoms with Crippen molar-refractivity contribution in [3.8, 4) is 0 Å². The topological polar surface area (TPSA) is 108 Å². The first-order chi connectivity index (χ1) is 12.7. The molecule has 27 heavy (non-hydrogen) atoms. The van der Waals surface area contributed by atoms with Crippen LogP contribution in [0.4, 0.5) is 4.79 Å². The Balaban J connectivity index is 0. The highest BCUT2D eigenvalue weighted by Crippen LogP contribution is 2.24. The molecule has 0 heterocycles. The lowest BCUT2D eigenvalue weighted by atomic mass is 10.1. The molecule has 0 atom stereocenters. The summed E-state index contributed by atoms with van der Waals surface area (Å²) in [6, 6.07) is 0. The van der Waals surface area contributed by atoms with Gasteiger partial charge in [0.1, 0.15) is 5.60 Å². The number of alkyl carbamates (subject to hydrolysis) is 1. The van der Waals surface area contributed by atoms with Crippen LogP contribution in [0.1, 0.15) is 80.1 Å². The van der Waals surface area contributed by atoms with Gasteiger partial charge in [-0.2, -0.15) is 0 Å². The van der Waals surface area contributed by atoms with Crippen molar-refractivity contribution in [1.29, 1.82) is 5.41 Å². The van der Waals surface area contributed by atoms with Gasteiger partial charge in [-0.3, -0.25) is 9.59 Å². The van der Waals surface area contributed by atoms with Crippen molar-refractivity contribution in [2.75, 3.05) is 13.1 Å². The van der Waals surface area contributed by atoms with Crippen LogP contribution in [-0.2, 0) is 14.3 Å².